The molecule has 1 aromatic carbocycles. The summed E-state index contributed by atoms with van der Waals surface area (Å²) >= 11 is 10.8. The molecule has 2 aromatic rings. The minimum Gasteiger partial charge on any atom is -0.389 e. The van der Waals surface area contributed by atoms with Crippen LogP contribution in [0.2, 0.25) is 5.02 Å². The van der Waals surface area contributed by atoms with E-state index in [0.717, 1.165) is 22.9 Å². The molecule has 21 heavy (non-hydrogen) atoms. The number of nitrogen functional groups attached to an aromatic ring is 1. The molecule has 0 atom stereocenters. The lowest BCUT2D eigenvalue weighted by molar-refractivity contribution is -0.137. The molecule has 0 saturated carbocycles. The Morgan fingerprint density at radius 2 is 2.00 bits per heavy atom. The monoisotopic (exact) mass is 334 g/mol. The van der Waals surface area contributed by atoms with Gasteiger partial charge in [0, 0.05) is 0 Å². The minimum atomic E-state index is -4.50. The molecule has 0 saturated heterocycles. The summed E-state index contributed by atoms with van der Waals surface area (Å²) in [7, 11) is 0. The number of alkyl halides is 3. The predicted octanol–water partition coefficient (Wildman–Crippen LogP) is 3.07. The number of anilines is 1. The van der Waals surface area contributed by atoms with Gasteiger partial charge in [0.25, 0.3) is 0 Å². The number of rotatable bonds is 2. The van der Waals surface area contributed by atoms with E-state index in [4.69, 9.17) is 35.3 Å². The first-order valence-electron chi connectivity index (χ1n) is 5.65. The van der Waals surface area contributed by atoms with Crippen molar-refractivity contribution in [1.29, 1.82) is 0 Å². The number of benzene rings is 1. The summed E-state index contributed by atoms with van der Waals surface area (Å²) in [6, 6.07) is 2.89. The number of nitrogens with zero attached hydrogens (tertiary/aromatic N) is 2. The maximum atomic E-state index is 12.8. The molecule has 0 spiro atoms. The van der Waals surface area contributed by atoms with Gasteiger partial charge in [-0.3, -0.25) is 0 Å². The van der Waals surface area contributed by atoms with Gasteiger partial charge in [-0.1, -0.05) is 23.8 Å². The fourth-order valence-corrected chi connectivity index (χ4v) is 2.33. The van der Waals surface area contributed by atoms with Crippen LogP contribution in [0.15, 0.2) is 18.2 Å². The summed E-state index contributed by atoms with van der Waals surface area (Å²) in [5, 5.41) is 4.13. The quantitative estimate of drug-likeness (QED) is 0.828. The number of nitrogens with two attached hydrogens (primary N) is 2. The molecule has 0 amide bonds. The van der Waals surface area contributed by atoms with Crippen molar-refractivity contribution in [3.05, 3.63) is 40.0 Å². The Morgan fingerprint density at radius 3 is 2.48 bits per heavy atom. The van der Waals surface area contributed by atoms with E-state index in [1.54, 1.807) is 6.92 Å². The summed E-state index contributed by atoms with van der Waals surface area (Å²) in [6.45, 7) is 1.60. The summed E-state index contributed by atoms with van der Waals surface area (Å²) in [4.78, 5) is 0.0133. The van der Waals surface area contributed by atoms with E-state index >= 15 is 0 Å². The summed E-state index contributed by atoms with van der Waals surface area (Å²) in [5.41, 5.74) is 11.3. The van der Waals surface area contributed by atoms with Crippen molar-refractivity contribution in [2.75, 3.05) is 5.73 Å². The molecule has 0 fully saturated rings. The van der Waals surface area contributed by atoms with Gasteiger partial charge in [-0.2, -0.15) is 18.3 Å². The van der Waals surface area contributed by atoms with E-state index < -0.39 is 11.7 Å². The van der Waals surface area contributed by atoms with Crippen LogP contribution in [0.5, 0.6) is 0 Å². The minimum absolute atomic E-state index is 0.00888. The van der Waals surface area contributed by atoms with Crippen molar-refractivity contribution >= 4 is 34.6 Å². The van der Waals surface area contributed by atoms with Gasteiger partial charge in [-0.25, -0.2) is 4.68 Å². The third kappa shape index (κ3) is 2.81. The van der Waals surface area contributed by atoms with Crippen molar-refractivity contribution in [2.24, 2.45) is 5.73 Å². The second-order valence-electron chi connectivity index (χ2n) is 4.29. The summed E-state index contributed by atoms with van der Waals surface area (Å²) in [6.07, 6.45) is -4.50. The van der Waals surface area contributed by atoms with Gasteiger partial charge in [0.1, 0.15) is 10.8 Å². The zero-order chi connectivity index (χ0) is 15.9. The maximum absolute atomic E-state index is 12.8. The zero-order valence-corrected chi connectivity index (χ0v) is 12.3. The van der Waals surface area contributed by atoms with Gasteiger partial charge in [-0.05, 0) is 25.1 Å². The highest BCUT2D eigenvalue weighted by atomic mass is 35.5. The average Bonchev–Trinajstić information content (AvgIpc) is 2.63. The Hall–Kier alpha value is -1.80. The molecule has 0 radical (unpaired) electrons. The van der Waals surface area contributed by atoms with E-state index in [1.807, 2.05) is 0 Å². The molecular formula is C12H10ClF3N4S. The van der Waals surface area contributed by atoms with Gasteiger partial charge < -0.3 is 11.5 Å². The molecule has 4 N–H and O–H groups in total. The van der Waals surface area contributed by atoms with Crippen LogP contribution in [0, 0.1) is 6.92 Å². The van der Waals surface area contributed by atoms with Crippen LogP contribution in [-0.2, 0) is 6.18 Å². The van der Waals surface area contributed by atoms with E-state index in [0.29, 0.717) is 11.3 Å². The first-order valence-corrected chi connectivity index (χ1v) is 6.43. The summed E-state index contributed by atoms with van der Waals surface area (Å²) < 4.78 is 39.5. The molecule has 9 heteroatoms. The van der Waals surface area contributed by atoms with Crippen LogP contribution in [0.25, 0.3) is 5.69 Å². The number of aromatic nitrogens is 2. The SMILES string of the molecule is Cc1nn(-c2cc(C(F)(F)F)ccc2Cl)c(N)c1C(N)=S. The van der Waals surface area contributed by atoms with Crippen LogP contribution in [-0.4, -0.2) is 14.8 Å². The number of hydrogen-bond acceptors (Lipinski definition) is 3. The highest BCUT2D eigenvalue weighted by Crippen LogP contribution is 2.34. The lowest BCUT2D eigenvalue weighted by Gasteiger charge is -2.11. The molecule has 112 valence electrons. The molecule has 0 aliphatic carbocycles. The molecule has 2 rings (SSSR count). The maximum Gasteiger partial charge on any atom is 0.416 e. The third-order valence-corrected chi connectivity index (χ3v) is 3.37. The molecular weight excluding hydrogens is 325 g/mol. The van der Waals surface area contributed by atoms with E-state index in [1.165, 1.54) is 0 Å². The van der Waals surface area contributed by atoms with E-state index in [2.05, 4.69) is 5.10 Å². The van der Waals surface area contributed by atoms with Crippen molar-refractivity contribution in [1.82, 2.24) is 9.78 Å². The normalized spacial score (nSPS) is 11.7. The van der Waals surface area contributed by atoms with Crippen molar-refractivity contribution < 1.29 is 13.2 Å². The van der Waals surface area contributed by atoms with Crippen LogP contribution in [0.4, 0.5) is 19.0 Å². The fraction of sp³-hybridized carbons (Fsp3) is 0.167. The van der Waals surface area contributed by atoms with Gasteiger partial charge in [0.2, 0.25) is 0 Å². The standard InChI is InChI=1S/C12H10ClF3N4S/c1-5-9(11(18)21)10(17)20(19-5)8-4-6(12(14,15)16)2-3-7(8)13/h2-4H,17H2,1H3,(H2,18,21). The molecule has 0 aliphatic heterocycles. The van der Waals surface area contributed by atoms with Gasteiger partial charge >= 0.3 is 6.18 Å². The lowest BCUT2D eigenvalue weighted by Crippen LogP contribution is -2.13. The molecule has 4 nitrogen and oxygen atoms in total. The van der Waals surface area contributed by atoms with Crippen LogP contribution < -0.4 is 11.5 Å². The van der Waals surface area contributed by atoms with Crippen molar-refractivity contribution in [2.45, 2.75) is 13.1 Å². The van der Waals surface area contributed by atoms with Gasteiger partial charge in [0.15, 0.2) is 0 Å². The van der Waals surface area contributed by atoms with Crippen LogP contribution in [0.3, 0.4) is 0 Å². The molecule has 1 aromatic heterocycles. The van der Waals surface area contributed by atoms with E-state index in [-0.39, 0.29) is 21.5 Å². The van der Waals surface area contributed by atoms with Crippen LogP contribution in [0.1, 0.15) is 16.8 Å². The second-order valence-corrected chi connectivity index (χ2v) is 5.13. The highest BCUT2D eigenvalue weighted by molar-refractivity contribution is 7.80. The number of halogens is 4. The smallest absolute Gasteiger partial charge is 0.389 e. The fourth-order valence-electron chi connectivity index (χ4n) is 1.88. The Balaban J connectivity index is 2.68. The average molecular weight is 335 g/mol. The van der Waals surface area contributed by atoms with Gasteiger partial charge in [-0.15, -0.1) is 0 Å². The Bertz CT molecular complexity index is 724. The Morgan fingerprint density at radius 1 is 1.38 bits per heavy atom. The molecule has 0 aliphatic rings. The number of aryl methyl sites for hydroxylation is 1. The molecule has 0 unspecified atom stereocenters. The topological polar surface area (TPSA) is 69.9 Å². The summed E-state index contributed by atoms with van der Waals surface area (Å²) in [5.74, 6) is 0.0428. The van der Waals surface area contributed by atoms with E-state index in [9.17, 15) is 13.2 Å². The largest absolute Gasteiger partial charge is 0.416 e. The molecule has 0 bridgehead atoms. The second kappa shape index (κ2) is 5.19. The van der Waals surface area contributed by atoms with Gasteiger partial charge in [0.05, 0.1) is 27.5 Å². The van der Waals surface area contributed by atoms with Crippen LogP contribution >= 0.6 is 23.8 Å². The number of thiocarbonyl (C=S) groups is 1. The first-order chi connectivity index (χ1) is 9.62. The highest BCUT2D eigenvalue weighted by Gasteiger charge is 2.31. The zero-order valence-electron chi connectivity index (χ0n) is 10.7. The lowest BCUT2D eigenvalue weighted by atomic mass is 10.2. The number of hydrogen-bond donors (Lipinski definition) is 2. The Kier molecular flexibility index (Phi) is 3.85. The van der Waals surface area contributed by atoms with Crippen molar-refractivity contribution in [3.63, 3.8) is 0 Å². The first kappa shape index (κ1) is 15.6. The molecule has 1 heterocycles. The Labute approximate surface area is 128 Å². The third-order valence-electron chi connectivity index (χ3n) is 2.84. The van der Waals surface area contributed by atoms with Crippen molar-refractivity contribution in [3.8, 4) is 5.69 Å². The predicted molar refractivity (Wildman–Crippen MR) is 78.6 cm³/mol.